The van der Waals surface area contributed by atoms with Gasteiger partial charge in [0.25, 0.3) is 0 Å². The maximum atomic E-state index is 4.41. The van der Waals surface area contributed by atoms with Gasteiger partial charge in [0.1, 0.15) is 12.2 Å². The Hall–Kier alpha value is -3.16. The number of hydrogen-bond acceptors (Lipinski definition) is 4. The molecule has 0 fully saturated rings. The number of aromatic nitrogens is 5. The summed E-state index contributed by atoms with van der Waals surface area (Å²) in [5, 5.41) is 14.9. The first-order chi connectivity index (χ1) is 12.2. The normalized spacial score (nSPS) is 11.5. The van der Waals surface area contributed by atoms with Crippen molar-refractivity contribution in [3.8, 4) is 0 Å². The minimum Gasteiger partial charge on any atom is -0.352 e. The van der Waals surface area contributed by atoms with Crippen LogP contribution in [-0.2, 0) is 26.7 Å². The van der Waals surface area contributed by atoms with Crippen molar-refractivity contribution in [2.75, 3.05) is 7.05 Å². The van der Waals surface area contributed by atoms with E-state index in [1.165, 1.54) is 11.9 Å². The molecule has 8 nitrogen and oxygen atoms in total. The van der Waals surface area contributed by atoms with Crippen molar-refractivity contribution in [1.29, 1.82) is 0 Å². The Kier molecular flexibility index (Phi) is 5.40. The van der Waals surface area contributed by atoms with Gasteiger partial charge in [0.05, 0.1) is 19.3 Å². The highest BCUT2D eigenvalue weighted by atomic mass is 15.3. The fourth-order valence-electron chi connectivity index (χ4n) is 2.40. The highest BCUT2D eigenvalue weighted by molar-refractivity contribution is 5.79. The Morgan fingerprint density at radius 2 is 1.88 bits per heavy atom. The minimum atomic E-state index is 0.559. The van der Waals surface area contributed by atoms with E-state index < -0.39 is 0 Å². The molecule has 0 saturated carbocycles. The molecule has 2 N–H and O–H groups in total. The highest BCUT2D eigenvalue weighted by Gasteiger charge is 2.04. The minimum absolute atomic E-state index is 0.559. The van der Waals surface area contributed by atoms with Gasteiger partial charge >= 0.3 is 0 Å². The molecule has 0 bridgehead atoms. The number of aliphatic imine (C=N–C) groups is 1. The van der Waals surface area contributed by atoms with Crippen LogP contribution >= 0.6 is 0 Å². The Morgan fingerprint density at radius 3 is 2.60 bits per heavy atom. The van der Waals surface area contributed by atoms with Gasteiger partial charge < -0.3 is 10.6 Å². The van der Waals surface area contributed by atoms with E-state index in [0.717, 1.165) is 17.9 Å². The Balaban J connectivity index is 1.49. The zero-order valence-electron chi connectivity index (χ0n) is 14.4. The van der Waals surface area contributed by atoms with Gasteiger partial charge in [0.2, 0.25) is 0 Å². The standard InChI is InChI=1S/C17H22N8/c1-18-17(20-10-16-21-13-23-24(16)2)19-8-15-9-22-25(12-15)11-14-6-4-3-5-7-14/h3-7,9,12-13H,8,10-11H2,1-2H3,(H2,18,19,20). The van der Waals surface area contributed by atoms with Gasteiger partial charge in [0, 0.05) is 32.4 Å². The topological polar surface area (TPSA) is 84.9 Å². The number of guanidine groups is 1. The molecule has 0 spiro atoms. The summed E-state index contributed by atoms with van der Waals surface area (Å²) in [7, 11) is 3.60. The van der Waals surface area contributed by atoms with Crippen LogP contribution in [0.15, 0.2) is 54.0 Å². The number of rotatable bonds is 6. The summed E-state index contributed by atoms with van der Waals surface area (Å²) in [5.74, 6) is 1.55. The summed E-state index contributed by atoms with van der Waals surface area (Å²) in [6.07, 6.45) is 5.44. The van der Waals surface area contributed by atoms with Crippen molar-refractivity contribution in [1.82, 2.24) is 35.2 Å². The summed E-state index contributed by atoms with van der Waals surface area (Å²) >= 11 is 0. The molecule has 2 heterocycles. The zero-order valence-corrected chi connectivity index (χ0v) is 14.4. The lowest BCUT2D eigenvalue weighted by atomic mass is 10.2. The van der Waals surface area contributed by atoms with E-state index in [1.54, 1.807) is 11.7 Å². The third-order valence-corrected chi connectivity index (χ3v) is 3.78. The van der Waals surface area contributed by atoms with Crippen molar-refractivity contribution < 1.29 is 0 Å². The number of nitrogens with zero attached hydrogens (tertiary/aromatic N) is 6. The van der Waals surface area contributed by atoms with Crippen LogP contribution in [-0.4, -0.2) is 37.6 Å². The largest absolute Gasteiger partial charge is 0.352 e. The van der Waals surface area contributed by atoms with Crippen LogP contribution in [0.25, 0.3) is 0 Å². The van der Waals surface area contributed by atoms with Gasteiger partial charge in [0.15, 0.2) is 5.96 Å². The highest BCUT2D eigenvalue weighted by Crippen LogP contribution is 2.03. The van der Waals surface area contributed by atoms with Crippen LogP contribution in [0.2, 0.25) is 0 Å². The van der Waals surface area contributed by atoms with Crippen molar-refractivity contribution in [3.05, 3.63) is 66.0 Å². The van der Waals surface area contributed by atoms with Gasteiger partial charge in [-0.05, 0) is 5.56 Å². The molecular weight excluding hydrogens is 316 g/mol. The van der Waals surface area contributed by atoms with Crippen LogP contribution in [0.4, 0.5) is 0 Å². The van der Waals surface area contributed by atoms with E-state index in [4.69, 9.17) is 0 Å². The van der Waals surface area contributed by atoms with Gasteiger partial charge in [-0.25, -0.2) is 4.98 Å². The summed E-state index contributed by atoms with van der Waals surface area (Å²) in [6, 6.07) is 10.3. The zero-order chi connectivity index (χ0) is 17.5. The lowest BCUT2D eigenvalue weighted by Crippen LogP contribution is -2.36. The molecule has 0 saturated heterocycles. The molecule has 0 aliphatic heterocycles. The van der Waals surface area contributed by atoms with Crippen LogP contribution in [0.1, 0.15) is 17.0 Å². The van der Waals surface area contributed by atoms with Gasteiger partial charge in [-0.1, -0.05) is 30.3 Å². The molecule has 3 rings (SSSR count). The number of aryl methyl sites for hydroxylation is 1. The van der Waals surface area contributed by atoms with Crippen molar-refractivity contribution in [2.24, 2.45) is 12.0 Å². The Labute approximate surface area is 146 Å². The smallest absolute Gasteiger partial charge is 0.191 e. The summed E-state index contributed by atoms with van der Waals surface area (Å²) < 4.78 is 3.66. The molecule has 3 aromatic rings. The molecule has 0 radical (unpaired) electrons. The molecule has 0 aliphatic rings. The second kappa shape index (κ2) is 8.09. The van der Waals surface area contributed by atoms with E-state index in [0.29, 0.717) is 19.0 Å². The van der Waals surface area contributed by atoms with Crippen molar-refractivity contribution in [3.63, 3.8) is 0 Å². The number of nitrogens with one attached hydrogen (secondary N) is 2. The molecule has 0 atom stereocenters. The predicted octanol–water partition coefficient (Wildman–Crippen LogP) is 0.925. The summed E-state index contributed by atoms with van der Waals surface area (Å²) in [4.78, 5) is 8.39. The molecule has 25 heavy (non-hydrogen) atoms. The monoisotopic (exact) mass is 338 g/mol. The van der Waals surface area contributed by atoms with Crippen LogP contribution in [0.5, 0.6) is 0 Å². The third kappa shape index (κ3) is 4.66. The first-order valence-corrected chi connectivity index (χ1v) is 8.07. The molecule has 0 aliphatic carbocycles. The molecule has 8 heteroatoms. The van der Waals surface area contributed by atoms with E-state index in [-0.39, 0.29) is 0 Å². The van der Waals surface area contributed by atoms with Crippen LogP contribution in [0.3, 0.4) is 0 Å². The molecule has 2 aromatic heterocycles. The molecule has 0 amide bonds. The first-order valence-electron chi connectivity index (χ1n) is 8.07. The second-order valence-corrected chi connectivity index (χ2v) is 5.61. The Bertz CT molecular complexity index is 818. The second-order valence-electron chi connectivity index (χ2n) is 5.61. The summed E-state index contributed by atoms with van der Waals surface area (Å²) in [6.45, 7) is 1.97. The average molecular weight is 338 g/mol. The molecule has 1 aromatic carbocycles. The fourth-order valence-corrected chi connectivity index (χ4v) is 2.40. The maximum absolute atomic E-state index is 4.41. The van der Waals surface area contributed by atoms with Crippen LogP contribution < -0.4 is 10.6 Å². The van der Waals surface area contributed by atoms with E-state index in [2.05, 4.69) is 42.9 Å². The fraction of sp³-hybridized carbons (Fsp3) is 0.294. The van der Waals surface area contributed by atoms with Crippen LogP contribution in [0, 0.1) is 0 Å². The lowest BCUT2D eigenvalue weighted by Gasteiger charge is -2.10. The van der Waals surface area contributed by atoms with E-state index in [1.807, 2.05) is 42.3 Å². The first kappa shape index (κ1) is 16.7. The molecule has 0 unspecified atom stereocenters. The SMILES string of the molecule is CN=C(NCc1cnn(Cc2ccccc2)c1)NCc1ncnn1C. The summed E-state index contributed by atoms with van der Waals surface area (Å²) in [5.41, 5.74) is 2.32. The van der Waals surface area contributed by atoms with Crippen molar-refractivity contribution in [2.45, 2.75) is 19.6 Å². The van der Waals surface area contributed by atoms with Gasteiger partial charge in [-0.2, -0.15) is 10.2 Å². The average Bonchev–Trinajstić information content (AvgIpc) is 3.25. The third-order valence-electron chi connectivity index (χ3n) is 3.78. The van der Waals surface area contributed by atoms with E-state index >= 15 is 0 Å². The maximum Gasteiger partial charge on any atom is 0.191 e. The number of hydrogen-bond donors (Lipinski definition) is 2. The van der Waals surface area contributed by atoms with Crippen molar-refractivity contribution >= 4 is 5.96 Å². The van der Waals surface area contributed by atoms with Gasteiger partial charge in [-0.3, -0.25) is 14.4 Å². The molecular formula is C17H22N8. The lowest BCUT2D eigenvalue weighted by molar-refractivity contribution is 0.672. The Morgan fingerprint density at radius 1 is 1.08 bits per heavy atom. The number of benzene rings is 1. The van der Waals surface area contributed by atoms with E-state index in [9.17, 15) is 0 Å². The van der Waals surface area contributed by atoms with Gasteiger partial charge in [-0.15, -0.1) is 0 Å². The quantitative estimate of drug-likeness (QED) is 0.516. The predicted molar refractivity (Wildman–Crippen MR) is 95.8 cm³/mol. The molecule has 130 valence electrons.